The van der Waals surface area contributed by atoms with E-state index in [0.717, 1.165) is 4.34 Å². The number of fused-ring (bicyclic) bond motifs is 1. The van der Waals surface area contributed by atoms with Crippen molar-refractivity contribution < 1.29 is 29.0 Å². The zero-order chi connectivity index (χ0) is 28.3. The second-order valence-corrected chi connectivity index (χ2v) is 13.0. The third-order valence-corrected chi connectivity index (χ3v) is 9.08. The lowest BCUT2D eigenvalue weighted by atomic mass is 10.0. The minimum absolute atomic E-state index is 0.0447. The molecule has 14 heteroatoms. The van der Waals surface area contributed by atoms with Gasteiger partial charge in [-0.05, 0) is 50.4 Å². The molecular weight excluding hydrogens is 563 g/mol. The van der Waals surface area contributed by atoms with Crippen LogP contribution in [0.15, 0.2) is 45.9 Å². The van der Waals surface area contributed by atoms with Crippen LogP contribution in [0.5, 0.6) is 0 Å². The molecule has 0 bridgehead atoms. The van der Waals surface area contributed by atoms with Crippen molar-refractivity contribution in [2.75, 3.05) is 11.5 Å². The van der Waals surface area contributed by atoms with Gasteiger partial charge in [-0.1, -0.05) is 42.1 Å². The normalized spacial score (nSPS) is 19.6. The number of aryl methyl sites for hydroxylation is 1. The number of carbonyl (C=O) groups excluding carboxylic acids is 3. The first-order valence-corrected chi connectivity index (χ1v) is 14.9. The van der Waals surface area contributed by atoms with Crippen molar-refractivity contribution in [3.8, 4) is 0 Å². The first-order valence-electron chi connectivity index (χ1n) is 12.1. The summed E-state index contributed by atoms with van der Waals surface area (Å²) in [5, 5.41) is 14.8. The number of nitrogens with one attached hydrogen (secondary N) is 2. The van der Waals surface area contributed by atoms with E-state index in [9.17, 15) is 24.3 Å². The number of carboxylic acids is 1. The number of carbonyl (C=O) groups is 4. The van der Waals surface area contributed by atoms with Crippen LogP contribution in [-0.4, -0.2) is 71.8 Å². The van der Waals surface area contributed by atoms with E-state index in [1.54, 1.807) is 52.0 Å². The minimum Gasteiger partial charge on any atom is -0.477 e. The molecule has 0 saturated carbocycles. The van der Waals surface area contributed by atoms with Gasteiger partial charge in [0.1, 0.15) is 28.5 Å². The molecule has 0 radical (unpaired) electrons. The van der Waals surface area contributed by atoms with Gasteiger partial charge in [-0.25, -0.2) is 14.6 Å². The van der Waals surface area contributed by atoms with E-state index in [1.807, 2.05) is 6.07 Å². The molecule has 3 atom stereocenters. The Balaban J connectivity index is 1.42. The molecule has 0 aliphatic carbocycles. The molecule has 4 rings (SSSR count). The maximum atomic E-state index is 13.0. The van der Waals surface area contributed by atoms with E-state index in [1.165, 1.54) is 40.0 Å². The number of carboxylic acid groups (broad SMARTS) is 1. The molecule has 3 heterocycles. The summed E-state index contributed by atoms with van der Waals surface area (Å²) in [6.07, 6.45) is -0.793. The Morgan fingerprint density at radius 2 is 1.97 bits per heavy atom. The van der Waals surface area contributed by atoms with Crippen LogP contribution < -0.4 is 10.6 Å². The maximum Gasteiger partial charge on any atom is 0.408 e. The molecule has 1 fully saturated rings. The molecule has 1 aromatic carbocycles. The molecular formula is C25H29N5O6S3. The largest absolute Gasteiger partial charge is 0.477 e. The molecule has 1 aromatic heterocycles. The van der Waals surface area contributed by atoms with Gasteiger partial charge in [-0.15, -0.1) is 11.8 Å². The molecule has 2 aliphatic heterocycles. The molecule has 208 valence electrons. The SMILES string of the molecule is Cc1nsc(SCC2=C(C(=O)O)N3C(=O)C(NC(=O)CC(NC(=O)OC(C)(C)C)c4ccccc4)[C@@H]3SC2)n1. The Bertz CT molecular complexity index is 1290. The van der Waals surface area contributed by atoms with E-state index in [-0.39, 0.29) is 12.1 Å². The number of aromatic nitrogens is 2. The topological polar surface area (TPSA) is 151 Å². The molecule has 11 nitrogen and oxygen atoms in total. The van der Waals surface area contributed by atoms with Gasteiger partial charge in [0.25, 0.3) is 5.91 Å². The van der Waals surface area contributed by atoms with E-state index in [4.69, 9.17) is 4.74 Å². The Labute approximate surface area is 238 Å². The predicted molar refractivity (Wildman–Crippen MR) is 148 cm³/mol. The number of alkyl carbamates (subject to hydrolysis) is 1. The Morgan fingerprint density at radius 3 is 2.59 bits per heavy atom. The predicted octanol–water partition coefficient (Wildman–Crippen LogP) is 3.33. The van der Waals surface area contributed by atoms with Crippen LogP contribution in [0.1, 0.15) is 44.6 Å². The highest BCUT2D eigenvalue weighted by molar-refractivity contribution is 8.01. The lowest BCUT2D eigenvalue weighted by Gasteiger charge is -2.49. The summed E-state index contributed by atoms with van der Waals surface area (Å²) in [4.78, 5) is 56.1. The zero-order valence-corrected chi connectivity index (χ0v) is 24.2. The Hall–Kier alpha value is -3.10. The average Bonchev–Trinajstić information content (AvgIpc) is 3.29. The number of β-lactam (4-membered cyclic amide) rings is 1. The van der Waals surface area contributed by atoms with E-state index in [0.29, 0.717) is 28.5 Å². The number of benzene rings is 1. The van der Waals surface area contributed by atoms with Crippen LogP contribution in [0.2, 0.25) is 0 Å². The van der Waals surface area contributed by atoms with Crippen LogP contribution in [0, 0.1) is 6.92 Å². The molecule has 3 amide bonds. The molecule has 2 aliphatic rings. The zero-order valence-electron chi connectivity index (χ0n) is 21.8. The summed E-state index contributed by atoms with van der Waals surface area (Å²) in [6.45, 7) is 7.02. The number of aliphatic carboxylic acids is 1. The van der Waals surface area contributed by atoms with E-state index in [2.05, 4.69) is 20.0 Å². The first kappa shape index (κ1) is 28.9. The molecule has 2 unspecified atom stereocenters. The molecule has 39 heavy (non-hydrogen) atoms. The maximum absolute atomic E-state index is 13.0. The second kappa shape index (κ2) is 12.0. The van der Waals surface area contributed by atoms with Crippen molar-refractivity contribution in [2.24, 2.45) is 0 Å². The Morgan fingerprint density at radius 1 is 1.26 bits per heavy atom. The van der Waals surface area contributed by atoms with Crippen molar-refractivity contribution in [3.63, 3.8) is 0 Å². The number of thioether (sulfide) groups is 2. The highest BCUT2D eigenvalue weighted by atomic mass is 32.2. The molecule has 0 spiro atoms. The number of hydrogen-bond acceptors (Lipinski definition) is 10. The van der Waals surface area contributed by atoms with Gasteiger partial charge in [0.15, 0.2) is 4.34 Å². The monoisotopic (exact) mass is 591 g/mol. The smallest absolute Gasteiger partial charge is 0.408 e. The van der Waals surface area contributed by atoms with Crippen molar-refractivity contribution in [1.82, 2.24) is 24.9 Å². The van der Waals surface area contributed by atoms with E-state index >= 15 is 0 Å². The van der Waals surface area contributed by atoms with Crippen LogP contribution in [0.4, 0.5) is 4.79 Å². The summed E-state index contributed by atoms with van der Waals surface area (Å²) in [6, 6.07) is 7.44. The van der Waals surface area contributed by atoms with Gasteiger partial charge < -0.3 is 20.5 Å². The summed E-state index contributed by atoms with van der Waals surface area (Å²) in [7, 11) is 0. The lowest BCUT2D eigenvalue weighted by Crippen LogP contribution is -2.70. The third kappa shape index (κ3) is 7.11. The van der Waals surface area contributed by atoms with Gasteiger partial charge in [0.2, 0.25) is 5.91 Å². The third-order valence-electron chi connectivity index (χ3n) is 5.73. The second-order valence-electron chi connectivity index (χ2n) is 9.92. The number of rotatable bonds is 9. The summed E-state index contributed by atoms with van der Waals surface area (Å²) in [5.41, 5.74) is 0.564. The van der Waals surface area contributed by atoms with Gasteiger partial charge >= 0.3 is 12.1 Å². The fraction of sp³-hybridized carbons (Fsp3) is 0.440. The van der Waals surface area contributed by atoms with Crippen LogP contribution in [0.25, 0.3) is 0 Å². The average molecular weight is 592 g/mol. The van der Waals surface area contributed by atoms with Crippen molar-refractivity contribution in [2.45, 2.75) is 61.5 Å². The first-order chi connectivity index (χ1) is 18.4. The van der Waals surface area contributed by atoms with Crippen molar-refractivity contribution >= 4 is 58.9 Å². The lowest BCUT2D eigenvalue weighted by molar-refractivity contribution is -0.150. The highest BCUT2D eigenvalue weighted by Crippen LogP contribution is 2.41. The standard InChI is InChI=1S/C25H29N5O6S3/c1-13-26-24(39-29-13)38-12-15-11-37-21-18(20(32)30(21)19(15)22(33)34)28-17(31)10-16(14-8-6-5-7-9-14)27-23(35)36-25(2,3)4/h5-9,16,18,21H,10-12H2,1-4H3,(H,27,35)(H,28,31)(H,33,34)/t16?,18?,21-/m0/s1. The number of amides is 3. The highest BCUT2D eigenvalue weighted by Gasteiger charge is 2.54. The van der Waals surface area contributed by atoms with Gasteiger partial charge in [0, 0.05) is 11.5 Å². The molecule has 2 aromatic rings. The number of nitrogens with zero attached hydrogens (tertiary/aromatic N) is 3. The fourth-order valence-corrected chi connectivity index (χ4v) is 7.22. The summed E-state index contributed by atoms with van der Waals surface area (Å²) >= 11 is 4.02. The molecule has 1 saturated heterocycles. The quantitative estimate of drug-likeness (QED) is 0.293. The fourth-order valence-electron chi connectivity index (χ4n) is 4.09. The van der Waals surface area contributed by atoms with Gasteiger partial charge in [-0.3, -0.25) is 14.5 Å². The number of hydrogen-bond donors (Lipinski definition) is 3. The summed E-state index contributed by atoms with van der Waals surface area (Å²) < 4.78 is 10.2. The van der Waals surface area contributed by atoms with Crippen molar-refractivity contribution in [1.29, 1.82) is 0 Å². The van der Waals surface area contributed by atoms with Crippen LogP contribution in [0.3, 0.4) is 0 Å². The van der Waals surface area contributed by atoms with Gasteiger partial charge in [-0.2, -0.15) is 4.37 Å². The Kier molecular flexibility index (Phi) is 8.86. The minimum atomic E-state index is -1.19. The van der Waals surface area contributed by atoms with Crippen molar-refractivity contribution in [3.05, 3.63) is 53.0 Å². The van der Waals surface area contributed by atoms with Crippen LogP contribution >= 0.6 is 35.1 Å². The molecule has 3 N–H and O–H groups in total. The van der Waals surface area contributed by atoms with Crippen LogP contribution in [-0.2, 0) is 19.1 Å². The summed E-state index contributed by atoms with van der Waals surface area (Å²) in [5.74, 6) is -0.698. The van der Waals surface area contributed by atoms with E-state index < -0.39 is 46.9 Å². The van der Waals surface area contributed by atoms with Gasteiger partial charge in [0.05, 0.1) is 12.5 Å². The number of ether oxygens (including phenoxy) is 1.